The molecule has 0 aliphatic rings. The molecular weight excluding hydrogens is 426 g/mol. The van der Waals surface area contributed by atoms with Gasteiger partial charge in [0, 0.05) is 47.0 Å². The molecule has 0 aliphatic heterocycles. The number of aryl methyl sites for hydroxylation is 1. The van der Waals surface area contributed by atoms with E-state index in [9.17, 15) is 13.2 Å². The van der Waals surface area contributed by atoms with Crippen LogP contribution in [-0.4, -0.2) is 43.5 Å². The topological polar surface area (TPSA) is 89.8 Å². The first-order valence-electron chi connectivity index (χ1n) is 9.25. The second-order valence-electron chi connectivity index (χ2n) is 7.24. The minimum Gasteiger partial charge on any atom is -0.480 e. The van der Waals surface area contributed by atoms with E-state index >= 15 is 0 Å². The van der Waals surface area contributed by atoms with Crippen LogP contribution in [0, 0.1) is 5.92 Å². The molecule has 0 atom stereocenters. The number of ether oxygens (including phenoxy) is 1. The van der Waals surface area contributed by atoms with Crippen LogP contribution in [0.2, 0.25) is 0 Å². The number of aliphatic imine (C=N–C) groups is 1. The zero-order valence-corrected chi connectivity index (χ0v) is 19.0. The van der Waals surface area contributed by atoms with E-state index in [0.717, 1.165) is 28.3 Å². The number of hydrogen-bond acceptors (Lipinski definition) is 5. The average Bonchev–Trinajstić information content (AvgIpc) is 2.99. The van der Waals surface area contributed by atoms with Crippen molar-refractivity contribution in [1.82, 2.24) is 9.29 Å². The number of nitrogens with one attached hydrogen (secondary N) is 1. The van der Waals surface area contributed by atoms with Gasteiger partial charge in [-0.1, -0.05) is 32.6 Å². The van der Waals surface area contributed by atoms with E-state index in [-0.39, 0.29) is 11.4 Å². The fourth-order valence-electron chi connectivity index (χ4n) is 2.73. The molecule has 1 heterocycles. The van der Waals surface area contributed by atoms with Crippen LogP contribution in [0.3, 0.4) is 0 Å². The standard InChI is InChI=1S/C21H26ClN3O4S/c1-6-15(11-23-20(10-22)29-13-14(2)3)18-12-25(4)19-9-16(7-8-17(18)19)21(26)24-30(5,27)28/h6-9,11-12,14H,1,10,13H2,2-5H3,(H,24,26)/b15-11+,23-20?. The van der Waals surface area contributed by atoms with Crippen molar-refractivity contribution in [2.75, 3.05) is 18.7 Å². The second kappa shape index (κ2) is 9.95. The molecular formula is C21H26ClN3O4S. The summed E-state index contributed by atoms with van der Waals surface area (Å²) in [5, 5.41) is 0.866. The first kappa shape index (κ1) is 23.7. The van der Waals surface area contributed by atoms with Crippen LogP contribution in [-0.2, 0) is 21.8 Å². The molecule has 0 radical (unpaired) electrons. The Kier molecular flexibility index (Phi) is 7.86. The van der Waals surface area contributed by atoms with Crippen LogP contribution >= 0.6 is 11.6 Å². The molecule has 1 aromatic carbocycles. The third-order valence-electron chi connectivity index (χ3n) is 4.11. The summed E-state index contributed by atoms with van der Waals surface area (Å²) in [5.41, 5.74) is 2.62. The molecule has 0 saturated heterocycles. The Bertz CT molecular complexity index is 1110. The number of benzene rings is 1. The summed E-state index contributed by atoms with van der Waals surface area (Å²) >= 11 is 5.92. The first-order valence-corrected chi connectivity index (χ1v) is 11.7. The van der Waals surface area contributed by atoms with Gasteiger partial charge in [-0.3, -0.25) is 4.79 Å². The van der Waals surface area contributed by atoms with Gasteiger partial charge in [0.05, 0.1) is 18.7 Å². The molecule has 7 nitrogen and oxygen atoms in total. The zero-order chi connectivity index (χ0) is 22.5. The maximum atomic E-state index is 12.2. The predicted octanol–water partition coefficient (Wildman–Crippen LogP) is 3.70. The molecule has 1 aromatic heterocycles. The number of nitrogens with zero attached hydrogens (tertiary/aromatic N) is 2. The molecule has 0 saturated carbocycles. The summed E-state index contributed by atoms with van der Waals surface area (Å²) in [7, 11) is -1.80. The number of allylic oxidation sites excluding steroid dienone is 2. The highest BCUT2D eigenvalue weighted by Crippen LogP contribution is 2.28. The number of carbonyl (C=O) groups excluding carboxylic acids is 1. The minimum atomic E-state index is -3.64. The lowest BCUT2D eigenvalue weighted by Gasteiger charge is -2.08. The van der Waals surface area contributed by atoms with Crippen molar-refractivity contribution in [1.29, 1.82) is 0 Å². The van der Waals surface area contributed by atoms with Crippen molar-refractivity contribution < 1.29 is 17.9 Å². The molecule has 9 heteroatoms. The van der Waals surface area contributed by atoms with E-state index in [0.29, 0.717) is 18.4 Å². The molecule has 1 N–H and O–H groups in total. The summed E-state index contributed by atoms with van der Waals surface area (Å²) in [6.45, 7) is 8.47. The number of aromatic nitrogens is 1. The van der Waals surface area contributed by atoms with Crippen LogP contribution < -0.4 is 4.72 Å². The molecule has 30 heavy (non-hydrogen) atoms. The lowest BCUT2D eigenvalue weighted by atomic mass is 10.0. The van der Waals surface area contributed by atoms with E-state index in [2.05, 4.69) is 11.6 Å². The quantitative estimate of drug-likeness (QED) is 0.287. The van der Waals surface area contributed by atoms with Crippen LogP contribution in [0.5, 0.6) is 0 Å². The molecule has 162 valence electrons. The third kappa shape index (κ3) is 6.21. The molecule has 2 aromatic rings. The van der Waals surface area contributed by atoms with Gasteiger partial charge in [-0.2, -0.15) is 0 Å². The Balaban J connectivity index is 2.43. The van der Waals surface area contributed by atoms with E-state index in [1.165, 1.54) is 0 Å². The largest absolute Gasteiger partial charge is 0.480 e. The monoisotopic (exact) mass is 451 g/mol. The molecule has 0 fully saturated rings. The highest BCUT2D eigenvalue weighted by molar-refractivity contribution is 7.89. The Morgan fingerprint density at radius 1 is 1.40 bits per heavy atom. The highest BCUT2D eigenvalue weighted by Gasteiger charge is 2.15. The number of fused-ring (bicyclic) bond motifs is 1. The van der Waals surface area contributed by atoms with Gasteiger partial charge in [-0.15, -0.1) is 11.6 Å². The normalized spacial score (nSPS) is 13.0. The Hall–Kier alpha value is -2.58. The summed E-state index contributed by atoms with van der Waals surface area (Å²) in [6.07, 6.45) is 6.15. The van der Waals surface area contributed by atoms with E-state index in [4.69, 9.17) is 16.3 Å². The molecule has 1 amide bonds. The molecule has 0 unspecified atom stereocenters. The number of sulfonamides is 1. The fourth-order valence-corrected chi connectivity index (χ4v) is 3.33. The van der Waals surface area contributed by atoms with Gasteiger partial charge < -0.3 is 9.30 Å². The van der Waals surface area contributed by atoms with Crippen LogP contribution in [0.25, 0.3) is 16.5 Å². The smallest absolute Gasteiger partial charge is 0.264 e. The van der Waals surface area contributed by atoms with Crippen molar-refractivity contribution in [3.63, 3.8) is 0 Å². The summed E-state index contributed by atoms with van der Waals surface area (Å²) in [6, 6.07) is 4.98. The second-order valence-corrected chi connectivity index (χ2v) is 9.25. The molecule has 0 aliphatic carbocycles. The number of halogens is 1. The van der Waals surface area contributed by atoms with Crippen LogP contribution in [0.4, 0.5) is 0 Å². The number of amides is 1. The van der Waals surface area contributed by atoms with Crippen molar-refractivity contribution in [3.05, 3.63) is 54.4 Å². The SMILES string of the molecule is C=C/C(=C\N=C(CCl)OCC(C)C)c1cn(C)c2cc(C(=O)NS(C)(=O)=O)ccc12. The summed E-state index contributed by atoms with van der Waals surface area (Å²) < 4.78 is 32.1. The van der Waals surface area contributed by atoms with Crippen molar-refractivity contribution in [2.24, 2.45) is 18.0 Å². The number of alkyl halides is 1. The molecule has 0 bridgehead atoms. The minimum absolute atomic E-state index is 0.155. The lowest BCUT2D eigenvalue weighted by Crippen LogP contribution is -2.29. The Morgan fingerprint density at radius 2 is 2.10 bits per heavy atom. The van der Waals surface area contributed by atoms with E-state index in [1.54, 1.807) is 30.5 Å². The van der Waals surface area contributed by atoms with Crippen LogP contribution in [0.15, 0.2) is 48.2 Å². The Morgan fingerprint density at radius 3 is 2.67 bits per heavy atom. The average molecular weight is 452 g/mol. The van der Waals surface area contributed by atoms with Crippen LogP contribution in [0.1, 0.15) is 29.8 Å². The molecule has 2 rings (SSSR count). The van der Waals surface area contributed by atoms with Gasteiger partial charge in [0.2, 0.25) is 15.9 Å². The van der Waals surface area contributed by atoms with Gasteiger partial charge in [0.25, 0.3) is 5.91 Å². The van der Waals surface area contributed by atoms with E-state index in [1.807, 2.05) is 36.4 Å². The van der Waals surface area contributed by atoms with E-state index < -0.39 is 15.9 Å². The highest BCUT2D eigenvalue weighted by atomic mass is 35.5. The van der Waals surface area contributed by atoms with Gasteiger partial charge >= 0.3 is 0 Å². The zero-order valence-electron chi connectivity index (χ0n) is 17.5. The number of carbonyl (C=O) groups is 1. The van der Waals surface area contributed by atoms with Gasteiger partial charge in [0.1, 0.15) is 0 Å². The summed E-state index contributed by atoms with van der Waals surface area (Å²) in [4.78, 5) is 16.5. The van der Waals surface area contributed by atoms with Crippen molar-refractivity contribution in [3.8, 4) is 0 Å². The van der Waals surface area contributed by atoms with Gasteiger partial charge in [-0.05, 0) is 18.1 Å². The maximum absolute atomic E-state index is 12.2. The maximum Gasteiger partial charge on any atom is 0.264 e. The number of hydrogen-bond donors (Lipinski definition) is 1. The first-order chi connectivity index (χ1) is 14.1. The van der Waals surface area contributed by atoms with Crippen molar-refractivity contribution >= 4 is 49.9 Å². The molecule has 0 spiro atoms. The third-order valence-corrected chi connectivity index (χ3v) is 4.89. The van der Waals surface area contributed by atoms with Gasteiger partial charge in [0.15, 0.2) is 0 Å². The predicted molar refractivity (Wildman–Crippen MR) is 122 cm³/mol. The fraction of sp³-hybridized carbons (Fsp3) is 0.333. The van der Waals surface area contributed by atoms with Gasteiger partial charge in [-0.25, -0.2) is 18.1 Å². The lowest BCUT2D eigenvalue weighted by molar-refractivity contribution is 0.0982. The van der Waals surface area contributed by atoms with Crippen molar-refractivity contribution in [2.45, 2.75) is 13.8 Å². The summed E-state index contributed by atoms with van der Waals surface area (Å²) in [5.74, 6) is 0.250. The number of rotatable bonds is 8. The Labute approximate surface area is 182 Å².